The van der Waals surface area contributed by atoms with Gasteiger partial charge in [0, 0.05) is 24.3 Å². The Morgan fingerprint density at radius 3 is 2.55 bits per heavy atom. The van der Waals surface area contributed by atoms with Crippen LogP contribution in [-0.4, -0.2) is 36.4 Å². The highest BCUT2D eigenvalue weighted by atomic mass is 32.2. The number of hydrogen-bond acceptors (Lipinski definition) is 7. The third kappa shape index (κ3) is 4.81. The summed E-state index contributed by atoms with van der Waals surface area (Å²) in [4.78, 5) is 23.1. The van der Waals surface area contributed by atoms with Crippen LogP contribution in [0.1, 0.15) is 43.1 Å². The molecule has 5 rings (SSSR count). The normalized spacial score (nSPS) is 17.0. The third-order valence-corrected chi connectivity index (χ3v) is 8.63. The molecule has 0 radical (unpaired) electrons. The fourth-order valence-electron chi connectivity index (χ4n) is 5.28. The number of carbonyl (C=O) groups excluding carboxylic acids is 1. The van der Waals surface area contributed by atoms with Gasteiger partial charge in [-0.25, -0.2) is 18.4 Å². The fraction of sp³-hybridized carbons (Fsp3) is 0.276. The Labute approximate surface area is 222 Å². The molecule has 4 aromatic rings. The molecule has 2 aromatic heterocycles. The zero-order valence-corrected chi connectivity index (χ0v) is 22.4. The molecule has 1 amide bonds. The van der Waals surface area contributed by atoms with Crippen molar-refractivity contribution in [1.82, 2.24) is 9.97 Å². The first kappa shape index (κ1) is 25.7. The molecule has 3 heterocycles. The van der Waals surface area contributed by atoms with Gasteiger partial charge in [-0.15, -0.1) is 0 Å². The van der Waals surface area contributed by atoms with Gasteiger partial charge in [0.2, 0.25) is 15.7 Å². The number of hydrogen-bond donors (Lipinski definition) is 1. The number of benzene rings is 2. The molecule has 1 aliphatic heterocycles. The summed E-state index contributed by atoms with van der Waals surface area (Å²) in [6.07, 6.45) is 2.27. The molecular formula is C29H30N4O4S. The second-order valence-electron chi connectivity index (χ2n) is 10.4. The quantitative estimate of drug-likeness (QED) is 0.366. The van der Waals surface area contributed by atoms with Gasteiger partial charge < -0.3 is 15.4 Å². The number of amides is 1. The van der Waals surface area contributed by atoms with Gasteiger partial charge in [0.25, 0.3) is 5.91 Å². The molecule has 1 unspecified atom stereocenters. The zero-order chi connectivity index (χ0) is 27.1. The number of anilines is 1. The summed E-state index contributed by atoms with van der Waals surface area (Å²) in [6, 6.07) is 19.8. The number of nitrogens with two attached hydrogens (primary N) is 1. The lowest BCUT2D eigenvalue weighted by atomic mass is 9.97. The van der Waals surface area contributed by atoms with E-state index in [2.05, 4.69) is 16.9 Å². The second-order valence-corrected chi connectivity index (χ2v) is 12.3. The Kier molecular flexibility index (Phi) is 6.56. The first-order valence-electron chi connectivity index (χ1n) is 12.5. The molecule has 0 spiro atoms. The molecule has 9 heteroatoms. The van der Waals surface area contributed by atoms with Crippen LogP contribution in [0.3, 0.4) is 0 Å². The third-order valence-electron chi connectivity index (χ3n) is 6.93. The number of pyridine rings is 2. The standard InChI is InChI=1S/C29H30N4O4S/c1-19-16-29(2,3)33(17-19)28-26(27(30)34)23(13-14-31-28)38(35,36)25-10-6-9-24(32-25)37-18-20-11-12-21-7-4-5-8-22(21)15-20/h4-15,19H,16-18H2,1-3H3,(H2,30,34). The summed E-state index contributed by atoms with van der Waals surface area (Å²) in [7, 11) is -4.21. The Hall–Kier alpha value is -3.98. The van der Waals surface area contributed by atoms with E-state index in [-0.39, 0.29) is 39.3 Å². The molecule has 2 aromatic carbocycles. The van der Waals surface area contributed by atoms with Gasteiger partial charge in [-0.05, 0) is 60.7 Å². The average Bonchev–Trinajstić information content (AvgIpc) is 3.18. The van der Waals surface area contributed by atoms with Gasteiger partial charge in [-0.3, -0.25) is 4.79 Å². The van der Waals surface area contributed by atoms with Gasteiger partial charge in [0.1, 0.15) is 18.0 Å². The van der Waals surface area contributed by atoms with Gasteiger partial charge >= 0.3 is 0 Å². The van der Waals surface area contributed by atoms with Crippen molar-refractivity contribution in [3.63, 3.8) is 0 Å². The molecule has 0 aliphatic carbocycles. The van der Waals surface area contributed by atoms with Crippen molar-refractivity contribution in [2.24, 2.45) is 11.7 Å². The van der Waals surface area contributed by atoms with E-state index in [4.69, 9.17) is 10.5 Å². The van der Waals surface area contributed by atoms with Crippen LogP contribution >= 0.6 is 0 Å². The lowest BCUT2D eigenvalue weighted by Crippen LogP contribution is -2.40. The van der Waals surface area contributed by atoms with Gasteiger partial charge in [0.15, 0.2) is 5.03 Å². The molecule has 2 N–H and O–H groups in total. The van der Waals surface area contributed by atoms with Crippen LogP contribution in [0.4, 0.5) is 5.82 Å². The lowest BCUT2D eigenvalue weighted by molar-refractivity contribution is 0.0997. The first-order chi connectivity index (χ1) is 18.1. The van der Waals surface area contributed by atoms with Crippen molar-refractivity contribution in [3.05, 3.63) is 84.1 Å². The Morgan fingerprint density at radius 1 is 1.08 bits per heavy atom. The molecule has 1 saturated heterocycles. The van der Waals surface area contributed by atoms with E-state index in [0.717, 1.165) is 22.8 Å². The van der Waals surface area contributed by atoms with Crippen molar-refractivity contribution < 1.29 is 17.9 Å². The van der Waals surface area contributed by atoms with E-state index in [9.17, 15) is 13.2 Å². The number of sulfone groups is 1. The highest BCUT2D eigenvalue weighted by Crippen LogP contribution is 2.39. The first-order valence-corrected chi connectivity index (χ1v) is 13.9. The maximum atomic E-state index is 13.8. The van der Waals surface area contributed by atoms with E-state index >= 15 is 0 Å². The van der Waals surface area contributed by atoms with Crippen molar-refractivity contribution >= 4 is 32.3 Å². The number of ether oxygens (including phenoxy) is 1. The van der Waals surface area contributed by atoms with Crippen LogP contribution < -0.4 is 15.4 Å². The zero-order valence-electron chi connectivity index (χ0n) is 21.6. The summed E-state index contributed by atoms with van der Waals surface area (Å²) >= 11 is 0. The summed E-state index contributed by atoms with van der Waals surface area (Å²) in [5.41, 5.74) is 6.24. The molecule has 1 atom stereocenters. The minimum Gasteiger partial charge on any atom is -0.473 e. The SMILES string of the molecule is CC1CN(c2nccc(S(=O)(=O)c3cccc(OCc4ccc5ccccc5c4)n3)c2C(N)=O)C(C)(C)C1. The van der Waals surface area contributed by atoms with Crippen LogP contribution in [0, 0.1) is 5.92 Å². The maximum Gasteiger partial charge on any atom is 0.253 e. The number of carbonyl (C=O) groups is 1. The summed E-state index contributed by atoms with van der Waals surface area (Å²) in [5.74, 6) is -0.0723. The maximum absolute atomic E-state index is 13.8. The number of rotatable bonds is 7. The van der Waals surface area contributed by atoms with Crippen LogP contribution in [0.25, 0.3) is 10.8 Å². The van der Waals surface area contributed by atoms with E-state index in [0.29, 0.717) is 12.5 Å². The predicted octanol–water partition coefficient (Wildman–Crippen LogP) is 4.77. The molecule has 8 nitrogen and oxygen atoms in total. The molecule has 0 bridgehead atoms. The largest absolute Gasteiger partial charge is 0.473 e. The van der Waals surface area contributed by atoms with Crippen LogP contribution in [0.5, 0.6) is 5.88 Å². The van der Waals surface area contributed by atoms with E-state index in [1.807, 2.05) is 61.2 Å². The minimum absolute atomic E-state index is 0.126. The van der Waals surface area contributed by atoms with Gasteiger partial charge in [-0.2, -0.15) is 0 Å². The van der Waals surface area contributed by atoms with Gasteiger partial charge in [0.05, 0.1) is 4.90 Å². The van der Waals surface area contributed by atoms with Crippen LogP contribution in [0.2, 0.25) is 0 Å². The number of aromatic nitrogens is 2. The monoisotopic (exact) mass is 530 g/mol. The van der Waals surface area contributed by atoms with Crippen LogP contribution in [-0.2, 0) is 16.4 Å². The predicted molar refractivity (Wildman–Crippen MR) is 146 cm³/mol. The molecule has 1 fully saturated rings. The Balaban J connectivity index is 1.47. The van der Waals surface area contributed by atoms with E-state index < -0.39 is 15.7 Å². The van der Waals surface area contributed by atoms with Crippen LogP contribution in [0.15, 0.2) is 82.8 Å². The fourth-order valence-corrected chi connectivity index (χ4v) is 6.67. The topological polar surface area (TPSA) is 115 Å². The highest BCUT2D eigenvalue weighted by molar-refractivity contribution is 7.91. The lowest BCUT2D eigenvalue weighted by Gasteiger charge is -2.33. The smallest absolute Gasteiger partial charge is 0.253 e. The molecular weight excluding hydrogens is 500 g/mol. The van der Waals surface area contributed by atoms with Crippen molar-refractivity contribution in [2.75, 3.05) is 11.4 Å². The minimum atomic E-state index is -4.21. The second kappa shape index (κ2) is 9.72. The van der Waals surface area contributed by atoms with Crippen molar-refractivity contribution in [3.8, 4) is 5.88 Å². The summed E-state index contributed by atoms with van der Waals surface area (Å²) in [5, 5.41) is 1.97. The van der Waals surface area contributed by atoms with Crippen molar-refractivity contribution in [2.45, 2.75) is 49.3 Å². The number of fused-ring (bicyclic) bond motifs is 1. The molecule has 38 heavy (non-hydrogen) atoms. The Bertz CT molecular complexity index is 1630. The number of nitrogens with zero attached hydrogens (tertiary/aromatic N) is 3. The summed E-state index contributed by atoms with van der Waals surface area (Å²) in [6.45, 7) is 7.05. The Morgan fingerprint density at radius 2 is 1.84 bits per heavy atom. The number of primary amides is 1. The molecule has 196 valence electrons. The molecule has 1 aliphatic rings. The average molecular weight is 531 g/mol. The van der Waals surface area contributed by atoms with E-state index in [1.165, 1.54) is 18.3 Å². The summed E-state index contributed by atoms with van der Waals surface area (Å²) < 4.78 is 33.4. The molecule has 0 saturated carbocycles. The van der Waals surface area contributed by atoms with Crippen molar-refractivity contribution in [1.29, 1.82) is 0 Å². The van der Waals surface area contributed by atoms with Gasteiger partial charge in [-0.1, -0.05) is 49.4 Å². The highest BCUT2D eigenvalue weighted by Gasteiger charge is 2.40. The van der Waals surface area contributed by atoms with E-state index in [1.54, 1.807) is 12.1 Å².